The van der Waals surface area contributed by atoms with Gasteiger partial charge in [-0.2, -0.15) is 0 Å². The van der Waals surface area contributed by atoms with E-state index < -0.39 is 35.8 Å². The minimum Gasteiger partial charge on any atom is -0.459 e. The van der Waals surface area contributed by atoms with Crippen LogP contribution in [0.4, 0.5) is 4.79 Å². The highest BCUT2D eigenvalue weighted by molar-refractivity contribution is 5.90. The Hall–Kier alpha value is -4.95. The van der Waals surface area contributed by atoms with E-state index in [1.165, 1.54) is 24.3 Å². The lowest BCUT2D eigenvalue weighted by atomic mass is 9.98. The second kappa shape index (κ2) is 13.1. The van der Waals surface area contributed by atoms with E-state index >= 15 is 0 Å². The monoisotopic (exact) mass is 593 g/mol. The van der Waals surface area contributed by atoms with Crippen molar-refractivity contribution in [1.29, 1.82) is 0 Å². The third-order valence-electron chi connectivity index (χ3n) is 7.30. The molecule has 0 aliphatic heterocycles. The molecular weight excluding hydrogens is 558 g/mol. The summed E-state index contributed by atoms with van der Waals surface area (Å²) >= 11 is 0. The second-order valence-electron chi connectivity index (χ2n) is 11.6. The van der Waals surface area contributed by atoms with Crippen LogP contribution in [0.1, 0.15) is 65.4 Å². The lowest BCUT2D eigenvalue weighted by Crippen LogP contribution is -2.46. The number of aliphatic hydroxyl groups is 1. The van der Waals surface area contributed by atoms with Crippen LogP contribution < -0.4 is 5.32 Å². The van der Waals surface area contributed by atoms with Gasteiger partial charge in [-0.05, 0) is 66.3 Å². The molecule has 2 unspecified atom stereocenters. The number of ether oxygens (including phenoxy) is 3. The van der Waals surface area contributed by atoms with Crippen LogP contribution in [0.2, 0.25) is 0 Å². The Kier molecular flexibility index (Phi) is 9.11. The quantitative estimate of drug-likeness (QED) is 0.172. The minimum absolute atomic E-state index is 0.0341. The van der Waals surface area contributed by atoms with E-state index in [4.69, 9.17) is 14.2 Å². The Balaban J connectivity index is 1.31. The number of fused-ring (bicyclic) bond motifs is 3. The summed E-state index contributed by atoms with van der Waals surface area (Å²) in [5, 5.41) is 13.8. The summed E-state index contributed by atoms with van der Waals surface area (Å²) in [6.45, 7) is 5.29. The molecule has 0 saturated heterocycles. The fourth-order valence-electron chi connectivity index (χ4n) is 5.20. The van der Waals surface area contributed by atoms with Gasteiger partial charge < -0.3 is 24.6 Å². The molecule has 0 heterocycles. The van der Waals surface area contributed by atoms with Gasteiger partial charge in [0.2, 0.25) is 0 Å². The van der Waals surface area contributed by atoms with Crippen molar-refractivity contribution in [1.82, 2.24) is 5.32 Å². The number of hydrogen-bond acceptors (Lipinski definition) is 7. The Labute approximate surface area is 256 Å². The molecule has 0 radical (unpaired) electrons. The normalized spacial score (nSPS) is 13.6. The standard InChI is InChI=1S/C36H35NO7/c1-36(2,3)44-33(39)25-19-17-24(18-20-25)32(38)31(34(40)42-21-23-11-5-4-6-12-23)37-35(41)43-22-30-28-15-9-7-13-26(28)27-14-8-10-16-29(27)30/h4-20,30-32,38H,21-22H2,1-3H3,(H,37,41). The van der Waals surface area contributed by atoms with Crippen molar-refractivity contribution >= 4 is 18.0 Å². The molecule has 2 N–H and O–H groups in total. The lowest BCUT2D eigenvalue weighted by Gasteiger charge is -2.24. The van der Waals surface area contributed by atoms with E-state index in [-0.39, 0.29) is 30.3 Å². The van der Waals surface area contributed by atoms with Gasteiger partial charge in [0, 0.05) is 5.92 Å². The summed E-state index contributed by atoms with van der Waals surface area (Å²) in [5.41, 5.74) is 4.92. The number of aliphatic hydroxyl groups excluding tert-OH is 1. The Morgan fingerprint density at radius 1 is 0.773 bits per heavy atom. The van der Waals surface area contributed by atoms with Crippen molar-refractivity contribution in [3.8, 4) is 11.1 Å². The molecule has 5 rings (SSSR count). The number of carbonyl (C=O) groups excluding carboxylic acids is 3. The van der Waals surface area contributed by atoms with Crippen LogP contribution in [0, 0.1) is 0 Å². The maximum atomic E-state index is 13.3. The van der Waals surface area contributed by atoms with Crippen LogP contribution in [-0.2, 0) is 25.6 Å². The first-order valence-corrected chi connectivity index (χ1v) is 14.4. The minimum atomic E-state index is -1.49. The highest BCUT2D eigenvalue weighted by Gasteiger charge is 2.34. The van der Waals surface area contributed by atoms with Crippen molar-refractivity contribution in [2.75, 3.05) is 6.61 Å². The van der Waals surface area contributed by atoms with Gasteiger partial charge in [0.25, 0.3) is 0 Å². The molecule has 4 aromatic rings. The molecule has 1 aliphatic rings. The predicted molar refractivity (Wildman–Crippen MR) is 165 cm³/mol. The zero-order valence-electron chi connectivity index (χ0n) is 24.9. The molecule has 0 aromatic heterocycles. The van der Waals surface area contributed by atoms with E-state index in [2.05, 4.69) is 5.32 Å². The van der Waals surface area contributed by atoms with Gasteiger partial charge in [-0.15, -0.1) is 0 Å². The van der Waals surface area contributed by atoms with E-state index in [0.29, 0.717) is 0 Å². The zero-order valence-corrected chi connectivity index (χ0v) is 24.9. The number of nitrogens with one attached hydrogen (secondary N) is 1. The van der Waals surface area contributed by atoms with Crippen LogP contribution in [0.25, 0.3) is 11.1 Å². The van der Waals surface area contributed by atoms with Gasteiger partial charge in [0.15, 0.2) is 6.04 Å². The van der Waals surface area contributed by atoms with Gasteiger partial charge in [0.05, 0.1) is 5.56 Å². The summed E-state index contributed by atoms with van der Waals surface area (Å²) in [5.74, 6) is -1.54. The highest BCUT2D eigenvalue weighted by atomic mass is 16.6. The average Bonchev–Trinajstić information content (AvgIpc) is 3.34. The van der Waals surface area contributed by atoms with Gasteiger partial charge >= 0.3 is 18.0 Å². The summed E-state index contributed by atoms with van der Waals surface area (Å²) in [6, 6.07) is 29.5. The fourth-order valence-corrected chi connectivity index (χ4v) is 5.20. The zero-order chi connectivity index (χ0) is 31.3. The van der Waals surface area contributed by atoms with E-state index in [9.17, 15) is 19.5 Å². The van der Waals surface area contributed by atoms with Crippen molar-refractivity contribution in [3.05, 3.63) is 131 Å². The topological polar surface area (TPSA) is 111 Å². The Bertz CT molecular complexity index is 1580. The maximum Gasteiger partial charge on any atom is 0.407 e. The van der Waals surface area contributed by atoms with Crippen LogP contribution in [0.15, 0.2) is 103 Å². The van der Waals surface area contributed by atoms with Gasteiger partial charge in [-0.1, -0.05) is 91.0 Å². The summed E-state index contributed by atoms with van der Waals surface area (Å²) in [7, 11) is 0. The first-order chi connectivity index (χ1) is 21.1. The number of benzene rings is 4. The third-order valence-corrected chi connectivity index (χ3v) is 7.30. The van der Waals surface area contributed by atoms with Crippen molar-refractivity contribution in [2.45, 2.75) is 51.0 Å². The Morgan fingerprint density at radius 3 is 1.93 bits per heavy atom. The van der Waals surface area contributed by atoms with E-state index in [0.717, 1.165) is 27.8 Å². The van der Waals surface area contributed by atoms with Crippen molar-refractivity contribution in [2.24, 2.45) is 0 Å². The molecular formula is C36H35NO7. The number of esters is 2. The first-order valence-electron chi connectivity index (χ1n) is 14.4. The molecule has 0 spiro atoms. The van der Waals surface area contributed by atoms with Crippen molar-refractivity contribution < 1.29 is 33.7 Å². The van der Waals surface area contributed by atoms with Crippen molar-refractivity contribution in [3.63, 3.8) is 0 Å². The predicted octanol–water partition coefficient (Wildman–Crippen LogP) is 6.33. The van der Waals surface area contributed by atoms with E-state index in [1.807, 2.05) is 66.7 Å². The van der Waals surface area contributed by atoms with Crippen LogP contribution in [0.3, 0.4) is 0 Å². The summed E-state index contributed by atoms with van der Waals surface area (Å²) < 4.78 is 16.5. The number of carbonyl (C=O) groups is 3. The molecule has 0 saturated carbocycles. The van der Waals surface area contributed by atoms with Gasteiger partial charge in [0.1, 0.15) is 24.9 Å². The van der Waals surface area contributed by atoms with Gasteiger partial charge in [-0.3, -0.25) is 0 Å². The van der Waals surface area contributed by atoms with Crippen LogP contribution >= 0.6 is 0 Å². The smallest absolute Gasteiger partial charge is 0.407 e. The first kappa shape index (κ1) is 30.5. The number of rotatable bonds is 9. The van der Waals surface area contributed by atoms with E-state index in [1.54, 1.807) is 32.9 Å². The molecule has 8 nitrogen and oxygen atoms in total. The Morgan fingerprint density at radius 2 is 1.34 bits per heavy atom. The molecule has 0 bridgehead atoms. The molecule has 4 aromatic carbocycles. The summed E-state index contributed by atoms with van der Waals surface area (Å²) in [4.78, 5) is 38.8. The SMILES string of the molecule is CC(C)(C)OC(=O)c1ccc(C(O)C(NC(=O)OCC2c3ccccc3-c3ccccc32)C(=O)OCc2ccccc2)cc1. The second-order valence-corrected chi connectivity index (χ2v) is 11.6. The fraction of sp³-hybridized carbons (Fsp3) is 0.250. The molecule has 44 heavy (non-hydrogen) atoms. The summed E-state index contributed by atoms with van der Waals surface area (Å²) in [6.07, 6.45) is -2.37. The number of hydrogen-bond donors (Lipinski definition) is 2. The number of amides is 1. The van der Waals surface area contributed by atoms with Crippen LogP contribution in [-0.4, -0.2) is 41.4 Å². The molecule has 2 atom stereocenters. The largest absolute Gasteiger partial charge is 0.459 e. The average molecular weight is 594 g/mol. The molecule has 0 fully saturated rings. The van der Waals surface area contributed by atoms with Gasteiger partial charge in [-0.25, -0.2) is 14.4 Å². The van der Waals surface area contributed by atoms with Crippen LogP contribution in [0.5, 0.6) is 0 Å². The highest BCUT2D eigenvalue weighted by Crippen LogP contribution is 2.44. The maximum absolute atomic E-state index is 13.3. The molecule has 1 aliphatic carbocycles. The molecule has 226 valence electrons. The lowest BCUT2D eigenvalue weighted by molar-refractivity contribution is -0.150. The molecule has 1 amide bonds. The third kappa shape index (κ3) is 7.15. The number of alkyl carbamates (subject to hydrolysis) is 1. The molecule has 8 heteroatoms.